The third kappa shape index (κ3) is 3.22. The van der Waals surface area contributed by atoms with E-state index in [0.29, 0.717) is 24.1 Å². The van der Waals surface area contributed by atoms with Crippen molar-refractivity contribution in [3.63, 3.8) is 0 Å². The van der Waals surface area contributed by atoms with Crippen molar-refractivity contribution in [1.29, 1.82) is 0 Å². The summed E-state index contributed by atoms with van der Waals surface area (Å²) in [6, 6.07) is 15.9. The summed E-state index contributed by atoms with van der Waals surface area (Å²) in [6.07, 6.45) is 6.01. The van der Waals surface area contributed by atoms with Gasteiger partial charge in [-0.25, -0.2) is 4.98 Å². The second kappa shape index (κ2) is 7.30. The van der Waals surface area contributed by atoms with E-state index in [4.69, 9.17) is 10.7 Å². The number of benzene rings is 2. The Balaban J connectivity index is 1.67. The first-order valence-electron chi connectivity index (χ1n) is 9.33. The molecule has 26 heavy (non-hydrogen) atoms. The maximum atomic E-state index is 12.7. The second-order valence-corrected chi connectivity index (χ2v) is 6.94. The number of nitrogens with two attached hydrogens (primary N) is 1. The summed E-state index contributed by atoms with van der Waals surface area (Å²) in [4.78, 5) is 17.4. The molecular weight excluding hydrogens is 324 g/mol. The lowest BCUT2D eigenvalue weighted by Crippen LogP contribution is -2.20. The molecule has 0 bridgehead atoms. The Labute approximate surface area is 153 Å². The van der Waals surface area contributed by atoms with Crippen molar-refractivity contribution in [1.82, 2.24) is 9.55 Å². The number of carbonyl (C=O) groups excluding carboxylic acids is 1. The fourth-order valence-corrected chi connectivity index (χ4v) is 3.81. The molecule has 1 fully saturated rings. The van der Waals surface area contributed by atoms with E-state index in [2.05, 4.69) is 16.0 Å². The summed E-state index contributed by atoms with van der Waals surface area (Å²) in [6.45, 7) is 0.472. The first-order valence-corrected chi connectivity index (χ1v) is 9.33. The number of nitrogens with zero attached hydrogens (tertiary/aromatic N) is 2. The van der Waals surface area contributed by atoms with E-state index in [-0.39, 0.29) is 5.91 Å². The summed E-state index contributed by atoms with van der Waals surface area (Å²) >= 11 is 0. The molecule has 0 atom stereocenters. The standard InChI is InChI=1S/C21H24N4O/c22-14-15-10-12-16(13-11-15)20(26)24-21-23-18-8-4-5-9-19(18)25(21)17-6-2-1-3-7-17/h4-5,8-13,17H,1-3,6-7,14,22H2,(H,23,24,26). The summed E-state index contributed by atoms with van der Waals surface area (Å²) < 4.78 is 2.22. The van der Waals surface area contributed by atoms with Crippen molar-refractivity contribution in [2.45, 2.75) is 44.7 Å². The van der Waals surface area contributed by atoms with Crippen LogP contribution in [0, 0.1) is 0 Å². The van der Waals surface area contributed by atoms with Gasteiger partial charge in [-0.1, -0.05) is 43.5 Å². The molecular formula is C21H24N4O. The number of para-hydroxylation sites is 2. The normalized spacial score (nSPS) is 15.3. The first kappa shape index (κ1) is 16.8. The van der Waals surface area contributed by atoms with Crippen LogP contribution in [0.15, 0.2) is 48.5 Å². The molecule has 134 valence electrons. The summed E-state index contributed by atoms with van der Waals surface area (Å²) in [5, 5.41) is 3.03. The van der Waals surface area contributed by atoms with Crippen LogP contribution in [0.3, 0.4) is 0 Å². The highest BCUT2D eigenvalue weighted by Crippen LogP contribution is 2.34. The average Bonchev–Trinajstić information content (AvgIpc) is 3.06. The van der Waals surface area contributed by atoms with Gasteiger partial charge in [-0.05, 0) is 42.7 Å². The molecule has 0 saturated heterocycles. The molecule has 0 radical (unpaired) electrons. The van der Waals surface area contributed by atoms with Gasteiger partial charge in [-0.2, -0.15) is 0 Å². The van der Waals surface area contributed by atoms with Crippen LogP contribution in [0.4, 0.5) is 5.95 Å². The Hall–Kier alpha value is -2.66. The predicted molar refractivity (Wildman–Crippen MR) is 104 cm³/mol. The van der Waals surface area contributed by atoms with Crippen LogP contribution in [-0.4, -0.2) is 15.5 Å². The van der Waals surface area contributed by atoms with Crippen molar-refractivity contribution in [3.8, 4) is 0 Å². The van der Waals surface area contributed by atoms with Gasteiger partial charge in [0.05, 0.1) is 11.0 Å². The fraction of sp³-hybridized carbons (Fsp3) is 0.333. The molecule has 5 nitrogen and oxygen atoms in total. The van der Waals surface area contributed by atoms with Crippen molar-refractivity contribution < 1.29 is 4.79 Å². The Bertz CT molecular complexity index is 907. The fourth-order valence-electron chi connectivity index (χ4n) is 3.81. The smallest absolute Gasteiger partial charge is 0.257 e. The number of amides is 1. The van der Waals surface area contributed by atoms with Gasteiger partial charge >= 0.3 is 0 Å². The van der Waals surface area contributed by atoms with E-state index >= 15 is 0 Å². The number of hydrogen-bond donors (Lipinski definition) is 2. The molecule has 3 N–H and O–H groups in total. The summed E-state index contributed by atoms with van der Waals surface area (Å²) in [7, 11) is 0. The van der Waals surface area contributed by atoms with Gasteiger partial charge in [0.1, 0.15) is 0 Å². The molecule has 5 heteroatoms. The Kier molecular flexibility index (Phi) is 4.71. The zero-order valence-corrected chi connectivity index (χ0v) is 14.8. The van der Waals surface area contributed by atoms with E-state index in [9.17, 15) is 4.79 Å². The van der Waals surface area contributed by atoms with Crippen LogP contribution in [0.1, 0.15) is 54.1 Å². The van der Waals surface area contributed by atoms with E-state index in [1.807, 2.05) is 42.5 Å². The monoisotopic (exact) mass is 348 g/mol. The Morgan fingerprint density at radius 3 is 2.54 bits per heavy atom. The van der Waals surface area contributed by atoms with Crippen molar-refractivity contribution in [2.24, 2.45) is 5.73 Å². The van der Waals surface area contributed by atoms with Crippen LogP contribution in [-0.2, 0) is 6.54 Å². The van der Waals surface area contributed by atoms with Crippen LogP contribution in [0.2, 0.25) is 0 Å². The maximum absolute atomic E-state index is 12.7. The van der Waals surface area contributed by atoms with Gasteiger partial charge in [0.25, 0.3) is 5.91 Å². The lowest BCUT2D eigenvalue weighted by Gasteiger charge is -2.25. The number of anilines is 1. The van der Waals surface area contributed by atoms with Gasteiger partial charge in [0, 0.05) is 18.2 Å². The highest BCUT2D eigenvalue weighted by Gasteiger charge is 2.22. The molecule has 1 aliphatic carbocycles. The van der Waals surface area contributed by atoms with Crippen molar-refractivity contribution in [2.75, 3.05) is 5.32 Å². The third-order valence-corrected chi connectivity index (χ3v) is 5.21. The van der Waals surface area contributed by atoms with E-state index < -0.39 is 0 Å². The van der Waals surface area contributed by atoms with Crippen LogP contribution in [0.25, 0.3) is 11.0 Å². The van der Waals surface area contributed by atoms with E-state index in [0.717, 1.165) is 29.4 Å². The molecule has 0 aliphatic heterocycles. The van der Waals surface area contributed by atoms with Crippen LogP contribution >= 0.6 is 0 Å². The summed E-state index contributed by atoms with van der Waals surface area (Å²) in [5.74, 6) is 0.506. The molecule has 1 saturated carbocycles. The number of aromatic nitrogens is 2. The zero-order chi connectivity index (χ0) is 17.9. The number of rotatable bonds is 4. The minimum absolute atomic E-state index is 0.138. The molecule has 2 aromatic carbocycles. The van der Waals surface area contributed by atoms with Gasteiger partial charge in [-0.15, -0.1) is 0 Å². The highest BCUT2D eigenvalue weighted by atomic mass is 16.1. The lowest BCUT2D eigenvalue weighted by atomic mass is 9.95. The van der Waals surface area contributed by atoms with Gasteiger partial charge in [0.2, 0.25) is 5.95 Å². The number of imidazole rings is 1. The predicted octanol–water partition coefficient (Wildman–Crippen LogP) is 4.25. The minimum Gasteiger partial charge on any atom is -0.326 e. The second-order valence-electron chi connectivity index (χ2n) is 6.94. The Morgan fingerprint density at radius 2 is 1.81 bits per heavy atom. The van der Waals surface area contributed by atoms with Crippen molar-refractivity contribution in [3.05, 3.63) is 59.7 Å². The molecule has 1 heterocycles. The average molecular weight is 348 g/mol. The molecule has 3 aromatic rings. The first-order chi connectivity index (χ1) is 12.8. The van der Waals surface area contributed by atoms with Crippen LogP contribution in [0.5, 0.6) is 0 Å². The van der Waals surface area contributed by atoms with Gasteiger partial charge in [0.15, 0.2) is 0 Å². The lowest BCUT2D eigenvalue weighted by molar-refractivity contribution is 0.102. The van der Waals surface area contributed by atoms with Crippen molar-refractivity contribution >= 4 is 22.9 Å². The largest absolute Gasteiger partial charge is 0.326 e. The topological polar surface area (TPSA) is 72.9 Å². The molecule has 4 rings (SSSR count). The maximum Gasteiger partial charge on any atom is 0.257 e. The number of fused-ring (bicyclic) bond motifs is 1. The number of nitrogens with one attached hydrogen (secondary N) is 1. The molecule has 1 amide bonds. The molecule has 0 spiro atoms. The Morgan fingerprint density at radius 1 is 1.08 bits per heavy atom. The zero-order valence-electron chi connectivity index (χ0n) is 14.8. The third-order valence-electron chi connectivity index (χ3n) is 5.21. The number of hydrogen-bond acceptors (Lipinski definition) is 3. The van der Waals surface area contributed by atoms with E-state index in [1.54, 1.807) is 0 Å². The quantitative estimate of drug-likeness (QED) is 0.740. The van der Waals surface area contributed by atoms with Gasteiger partial charge in [-0.3, -0.25) is 10.1 Å². The number of carbonyl (C=O) groups is 1. The van der Waals surface area contributed by atoms with Crippen LogP contribution < -0.4 is 11.1 Å². The molecule has 1 aliphatic rings. The highest BCUT2D eigenvalue weighted by molar-refractivity contribution is 6.04. The van der Waals surface area contributed by atoms with E-state index in [1.165, 1.54) is 19.3 Å². The molecule has 1 aromatic heterocycles. The molecule has 0 unspecified atom stereocenters. The van der Waals surface area contributed by atoms with Gasteiger partial charge < -0.3 is 10.3 Å². The summed E-state index contributed by atoms with van der Waals surface area (Å²) in [5.41, 5.74) is 9.27. The minimum atomic E-state index is -0.138. The SMILES string of the molecule is NCc1ccc(C(=O)Nc2nc3ccccc3n2C2CCCCC2)cc1.